The molecule has 0 amide bonds. The minimum atomic E-state index is -0.724. The van der Waals surface area contributed by atoms with E-state index in [-0.39, 0.29) is 16.8 Å². The molecule has 0 fully saturated rings. The maximum absolute atomic E-state index is 13.5. The number of hydrogen-bond acceptors (Lipinski definition) is 8. The van der Waals surface area contributed by atoms with Crippen LogP contribution in [0.2, 0.25) is 0 Å². The molecule has 0 saturated heterocycles. The second kappa shape index (κ2) is 10.1. The topological polar surface area (TPSA) is 113 Å². The predicted molar refractivity (Wildman–Crippen MR) is 131 cm³/mol. The van der Waals surface area contributed by atoms with E-state index in [0.29, 0.717) is 38.5 Å². The summed E-state index contributed by atoms with van der Waals surface area (Å²) < 4.78 is 12.6. The third kappa shape index (κ3) is 4.78. The molecule has 0 N–H and O–H groups in total. The van der Waals surface area contributed by atoms with E-state index in [2.05, 4.69) is 4.99 Å². The van der Waals surface area contributed by atoms with Crippen LogP contribution in [0.4, 0.5) is 5.69 Å². The van der Waals surface area contributed by atoms with Crippen LogP contribution >= 0.6 is 11.3 Å². The molecule has 0 radical (unpaired) electrons. The number of carbonyl (C=O) groups is 1. The molecule has 3 aromatic rings. The first kappa shape index (κ1) is 24.1. The fraction of sp³-hybridized carbons (Fsp3) is 0.240. The van der Waals surface area contributed by atoms with E-state index in [0.717, 1.165) is 6.42 Å². The molecular weight excluding hydrogens is 470 g/mol. The highest BCUT2D eigenvalue weighted by molar-refractivity contribution is 7.07. The number of fused-ring (bicyclic) bond motifs is 1. The van der Waals surface area contributed by atoms with Gasteiger partial charge in [0.1, 0.15) is 5.75 Å². The molecule has 1 aliphatic rings. The number of non-ortho nitro benzene ring substituents is 1. The summed E-state index contributed by atoms with van der Waals surface area (Å²) >= 11 is 1.19. The maximum atomic E-state index is 13.5. The number of methoxy groups -OCH3 is 1. The maximum Gasteiger partial charge on any atom is 0.338 e. The van der Waals surface area contributed by atoms with Crippen molar-refractivity contribution in [2.75, 3.05) is 13.7 Å². The van der Waals surface area contributed by atoms with Gasteiger partial charge in [-0.3, -0.25) is 19.5 Å². The van der Waals surface area contributed by atoms with Gasteiger partial charge in [0.2, 0.25) is 0 Å². The normalized spacial score (nSPS) is 15.4. The van der Waals surface area contributed by atoms with Crippen molar-refractivity contribution < 1.29 is 19.2 Å². The lowest BCUT2D eigenvalue weighted by Crippen LogP contribution is -2.39. The van der Waals surface area contributed by atoms with Crippen molar-refractivity contribution in [1.82, 2.24) is 4.57 Å². The van der Waals surface area contributed by atoms with Crippen LogP contribution in [0, 0.1) is 10.1 Å². The Morgan fingerprint density at radius 2 is 1.89 bits per heavy atom. The largest absolute Gasteiger partial charge is 0.494 e. The molecule has 0 saturated carbocycles. The zero-order valence-corrected chi connectivity index (χ0v) is 20.2. The number of benzene rings is 2. The van der Waals surface area contributed by atoms with Gasteiger partial charge in [-0.2, -0.15) is 0 Å². The number of hydrogen-bond donors (Lipinski definition) is 0. The molecule has 4 rings (SSSR count). The SMILES string of the molecule is CCCOc1ccc(C2C(C(=O)OC)=C(C)N=c3s/c(=C\c4ccc([N+](=O)[O-])cc4)c(=O)n32)cc1. The summed E-state index contributed by atoms with van der Waals surface area (Å²) in [5.41, 5.74) is 1.75. The van der Waals surface area contributed by atoms with Crippen molar-refractivity contribution in [3.05, 3.63) is 101 Å². The van der Waals surface area contributed by atoms with E-state index in [1.165, 1.54) is 35.1 Å². The lowest BCUT2D eigenvalue weighted by molar-refractivity contribution is -0.384. The molecule has 0 bridgehead atoms. The van der Waals surface area contributed by atoms with Crippen LogP contribution in [0.3, 0.4) is 0 Å². The van der Waals surface area contributed by atoms with E-state index in [9.17, 15) is 19.7 Å². The smallest absolute Gasteiger partial charge is 0.338 e. The number of carbonyl (C=O) groups excluding carboxylic acids is 1. The van der Waals surface area contributed by atoms with Crippen molar-refractivity contribution in [3.63, 3.8) is 0 Å². The Hall–Kier alpha value is -4.05. The van der Waals surface area contributed by atoms with Crippen molar-refractivity contribution in [2.24, 2.45) is 4.99 Å². The number of thiazole rings is 1. The molecule has 1 aliphatic heterocycles. The number of aromatic nitrogens is 1. The Morgan fingerprint density at radius 3 is 2.49 bits per heavy atom. The molecule has 35 heavy (non-hydrogen) atoms. The number of nitro groups is 1. The fourth-order valence-corrected chi connectivity index (χ4v) is 4.86. The van der Waals surface area contributed by atoms with Crippen molar-refractivity contribution in [1.29, 1.82) is 0 Å². The van der Waals surface area contributed by atoms with E-state index in [1.807, 2.05) is 31.2 Å². The van der Waals surface area contributed by atoms with Gasteiger partial charge in [-0.1, -0.05) is 30.4 Å². The van der Waals surface area contributed by atoms with Crippen LogP contribution in [0.15, 0.2) is 69.6 Å². The summed E-state index contributed by atoms with van der Waals surface area (Å²) in [6.07, 6.45) is 2.53. The monoisotopic (exact) mass is 493 g/mol. The van der Waals surface area contributed by atoms with Crippen LogP contribution in [-0.4, -0.2) is 29.2 Å². The standard InChI is InChI=1S/C25H23N3O6S/c1-4-13-34-19-11-7-17(8-12-19)22-21(24(30)33-3)15(2)26-25-27(22)23(29)20(35-25)14-16-5-9-18(10-6-16)28(31)32/h5-12,14,22H,4,13H2,1-3H3/b20-14-. The summed E-state index contributed by atoms with van der Waals surface area (Å²) in [6.45, 7) is 4.32. The lowest BCUT2D eigenvalue weighted by atomic mass is 9.96. The van der Waals surface area contributed by atoms with Gasteiger partial charge in [0.15, 0.2) is 4.80 Å². The molecule has 10 heteroatoms. The van der Waals surface area contributed by atoms with E-state index < -0.39 is 16.9 Å². The molecule has 1 atom stereocenters. The summed E-state index contributed by atoms with van der Waals surface area (Å²) in [5.74, 6) is 0.133. The number of esters is 1. The molecule has 1 aromatic heterocycles. The van der Waals surface area contributed by atoms with Gasteiger partial charge in [-0.15, -0.1) is 0 Å². The van der Waals surface area contributed by atoms with Gasteiger partial charge >= 0.3 is 5.97 Å². The predicted octanol–water partition coefficient (Wildman–Crippen LogP) is 3.11. The lowest BCUT2D eigenvalue weighted by Gasteiger charge is -2.24. The highest BCUT2D eigenvalue weighted by Crippen LogP contribution is 2.31. The molecule has 2 aromatic carbocycles. The first-order valence-corrected chi connectivity index (χ1v) is 11.7. The van der Waals surface area contributed by atoms with Crippen molar-refractivity contribution in [2.45, 2.75) is 26.3 Å². The Bertz CT molecular complexity index is 1480. The highest BCUT2D eigenvalue weighted by Gasteiger charge is 2.33. The Labute approximate surface area is 204 Å². The summed E-state index contributed by atoms with van der Waals surface area (Å²) in [6, 6.07) is 12.5. The van der Waals surface area contributed by atoms with Gasteiger partial charge < -0.3 is 9.47 Å². The van der Waals surface area contributed by atoms with E-state index in [1.54, 1.807) is 25.1 Å². The minimum Gasteiger partial charge on any atom is -0.494 e. The molecule has 9 nitrogen and oxygen atoms in total. The molecular formula is C25H23N3O6S. The van der Waals surface area contributed by atoms with Gasteiger partial charge in [0.05, 0.1) is 40.5 Å². The van der Waals surface area contributed by atoms with Crippen LogP contribution < -0.4 is 19.6 Å². The summed E-state index contributed by atoms with van der Waals surface area (Å²) in [4.78, 5) is 41.7. The molecule has 1 unspecified atom stereocenters. The minimum absolute atomic E-state index is 0.0340. The first-order valence-electron chi connectivity index (χ1n) is 10.9. The zero-order chi connectivity index (χ0) is 25.1. The van der Waals surface area contributed by atoms with Crippen LogP contribution in [0.1, 0.15) is 37.4 Å². The highest BCUT2D eigenvalue weighted by atomic mass is 32.1. The van der Waals surface area contributed by atoms with Gasteiger partial charge in [-0.25, -0.2) is 9.79 Å². The number of nitrogens with zero attached hydrogens (tertiary/aromatic N) is 3. The second-order valence-corrected chi connectivity index (χ2v) is 8.85. The number of ether oxygens (including phenoxy) is 2. The van der Waals surface area contributed by atoms with Crippen LogP contribution in [0.25, 0.3) is 6.08 Å². The number of allylic oxidation sites excluding steroid dienone is 1. The van der Waals surface area contributed by atoms with Gasteiger partial charge in [0, 0.05) is 12.1 Å². The van der Waals surface area contributed by atoms with E-state index in [4.69, 9.17) is 9.47 Å². The average molecular weight is 494 g/mol. The third-order valence-electron chi connectivity index (χ3n) is 5.50. The number of nitro benzene ring substituents is 1. The third-order valence-corrected chi connectivity index (χ3v) is 6.48. The Morgan fingerprint density at radius 1 is 1.20 bits per heavy atom. The van der Waals surface area contributed by atoms with Crippen LogP contribution in [-0.2, 0) is 9.53 Å². The summed E-state index contributed by atoms with van der Waals surface area (Å²) in [7, 11) is 1.29. The second-order valence-electron chi connectivity index (χ2n) is 7.84. The zero-order valence-electron chi connectivity index (χ0n) is 19.4. The van der Waals surface area contributed by atoms with Gasteiger partial charge in [-0.05, 0) is 54.8 Å². The Balaban J connectivity index is 1.85. The van der Waals surface area contributed by atoms with Crippen molar-refractivity contribution >= 4 is 29.1 Å². The van der Waals surface area contributed by atoms with E-state index >= 15 is 0 Å². The quantitative estimate of drug-likeness (QED) is 0.284. The average Bonchev–Trinajstić information content (AvgIpc) is 3.16. The Kier molecular flexibility index (Phi) is 6.92. The fourth-order valence-electron chi connectivity index (χ4n) is 3.82. The van der Waals surface area contributed by atoms with Crippen molar-refractivity contribution in [3.8, 4) is 5.75 Å². The molecule has 2 heterocycles. The molecule has 0 spiro atoms. The van der Waals surface area contributed by atoms with Crippen LogP contribution in [0.5, 0.6) is 5.75 Å². The summed E-state index contributed by atoms with van der Waals surface area (Å²) in [5, 5.41) is 10.9. The first-order chi connectivity index (χ1) is 16.8. The van der Waals surface area contributed by atoms with Gasteiger partial charge in [0.25, 0.3) is 11.2 Å². The number of rotatable bonds is 7. The molecule has 0 aliphatic carbocycles. The molecule has 180 valence electrons.